The van der Waals surface area contributed by atoms with Crippen LogP contribution < -0.4 is 10.6 Å². The number of aliphatic imine (C=N–C) groups is 1. The van der Waals surface area contributed by atoms with E-state index in [4.69, 9.17) is 0 Å². The van der Waals surface area contributed by atoms with Gasteiger partial charge in [-0.1, -0.05) is 51.4 Å². The van der Waals surface area contributed by atoms with E-state index in [1.165, 1.54) is 88.3 Å². The maximum atomic E-state index is 13.1. The maximum Gasteiger partial charge on any atom is 0.269 e. The number of carbonyl (C=O) groups is 1. The van der Waals surface area contributed by atoms with Crippen molar-refractivity contribution in [3.63, 3.8) is 0 Å². The summed E-state index contributed by atoms with van der Waals surface area (Å²) in [6.07, 6.45) is 19.7. The van der Waals surface area contributed by atoms with E-state index in [0.29, 0.717) is 17.8 Å². The number of rotatable bonds is 5. The number of nitrogens with one attached hydrogen (secondary N) is 2. The molecule has 0 heterocycles. The highest BCUT2D eigenvalue weighted by molar-refractivity contribution is 6.45. The highest BCUT2D eigenvalue weighted by Crippen LogP contribution is 2.27. The lowest BCUT2D eigenvalue weighted by Gasteiger charge is -2.30. The fraction of sp³-hybridized carbons (Fsp3) is 0.826. The second-order valence-electron chi connectivity index (χ2n) is 8.73. The van der Waals surface area contributed by atoms with Gasteiger partial charge >= 0.3 is 0 Å². The first-order chi connectivity index (χ1) is 13.3. The van der Waals surface area contributed by atoms with Crippen molar-refractivity contribution < 1.29 is 4.79 Å². The lowest BCUT2D eigenvalue weighted by atomic mass is 9.89. The zero-order valence-corrected chi connectivity index (χ0v) is 17.3. The summed E-state index contributed by atoms with van der Waals surface area (Å²) in [5.74, 6) is 0.0583. The largest absolute Gasteiger partial charge is 0.385 e. The van der Waals surface area contributed by atoms with Gasteiger partial charge in [0, 0.05) is 30.4 Å². The number of hydrogen-bond donors (Lipinski definition) is 2. The minimum Gasteiger partial charge on any atom is -0.385 e. The molecule has 0 aromatic heterocycles. The lowest BCUT2D eigenvalue weighted by molar-refractivity contribution is -0.115. The van der Waals surface area contributed by atoms with Crippen molar-refractivity contribution in [2.24, 2.45) is 4.99 Å². The van der Waals surface area contributed by atoms with Crippen LogP contribution in [0.1, 0.15) is 103 Å². The summed E-state index contributed by atoms with van der Waals surface area (Å²) >= 11 is 0. The number of allylic oxidation sites excluding steroid dienone is 1. The maximum absolute atomic E-state index is 13.1. The minimum absolute atomic E-state index is 0.0583. The molecule has 2 saturated carbocycles. The summed E-state index contributed by atoms with van der Waals surface area (Å²) < 4.78 is 0. The van der Waals surface area contributed by atoms with E-state index in [1.807, 2.05) is 0 Å². The van der Waals surface area contributed by atoms with Gasteiger partial charge in [-0.2, -0.15) is 0 Å². The lowest BCUT2D eigenvalue weighted by Crippen LogP contribution is -2.41. The van der Waals surface area contributed by atoms with Crippen LogP contribution in [-0.2, 0) is 4.79 Å². The number of amides is 1. The van der Waals surface area contributed by atoms with Gasteiger partial charge in [-0.25, -0.2) is 0 Å². The zero-order chi connectivity index (χ0) is 18.9. The molecule has 0 aromatic rings. The molecule has 152 valence electrons. The first-order valence-electron chi connectivity index (χ1n) is 11.5. The molecular formula is C23H39N3O. The van der Waals surface area contributed by atoms with E-state index >= 15 is 0 Å². The van der Waals surface area contributed by atoms with Crippen LogP contribution >= 0.6 is 0 Å². The summed E-state index contributed by atoms with van der Waals surface area (Å²) in [5.41, 5.74) is 3.19. The Morgan fingerprint density at radius 2 is 1.33 bits per heavy atom. The number of nitrogens with zero attached hydrogens (tertiary/aromatic N) is 1. The average Bonchev–Trinajstić information content (AvgIpc) is 2.66. The van der Waals surface area contributed by atoms with Gasteiger partial charge in [-0.3, -0.25) is 9.79 Å². The molecule has 2 fully saturated rings. The Bertz CT molecular complexity index is 538. The van der Waals surface area contributed by atoms with E-state index in [0.717, 1.165) is 25.7 Å². The molecule has 0 atom stereocenters. The van der Waals surface area contributed by atoms with E-state index in [1.54, 1.807) is 7.05 Å². The Morgan fingerprint density at radius 1 is 0.778 bits per heavy atom. The second kappa shape index (κ2) is 10.9. The summed E-state index contributed by atoms with van der Waals surface area (Å²) in [7, 11) is 1.78. The zero-order valence-electron chi connectivity index (χ0n) is 17.3. The van der Waals surface area contributed by atoms with E-state index in [9.17, 15) is 4.79 Å². The molecule has 4 heteroatoms. The second-order valence-corrected chi connectivity index (χ2v) is 8.73. The predicted octanol–water partition coefficient (Wildman–Crippen LogP) is 5.04. The third-order valence-electron chi connectivity index (χ3n) is 6.62. The van der Waals surface area contributed by atoms with Gasteiger partial charge in [-0.15, -0.1) is 0 Å². The van der Waals surface area contributed by atoms with Crippen LogP contribution in [0.4, 0.5) is 0 Å². The molecular weight excluding hydrogens is 334 g/mol. The van der Waals surface area contributed by atoms with Crippen molar-refractivity contribution >= 4 is 11.6 Å². The molecule has 1 amide bonds. The Hall–Kier alpha value is -1.32. The van der Waals surface area contributed by atoms with Crippen molar-refractivity contribution in [2.75, 3.05) is 7.05 Å². The van der Waals surface area contributed by atoms with Crippen LogP contribution in [0.25, 0.3) is 0 Å². The van der Waals surface area contributed by atoms with Gasteiger partial charge in [-0.05, 0) is 51.4 Å². The summed E-state index contributed by atoms with van der Waals surface area (Å²) in [6.45, 7) is 0. The van der Waals surface area contributed by atoms with Crippen molar-refractivity contribution in [3.05, 3.63) is 11.3 Å². The molecule has 3 aliphatic rings. The molecule has 3 aliphatic carbocycles. The van der Waals surface area contributed by atoms with Crippen molar-refractivity contribution in [1.29, 1.82) is 0 Å². The standard InChI is InChI=1S/C23H39N3O/c1-24-22(23(27)26-19-14-6-3-2-4-7-15-19)20-16-10-11-17-21(20)25-18-12-8-5-9-13-18/h18-19,25H,2-17H2,1H3,(H,26,27). The highest BCUT2D eigenvalue weighted by atomic mass is 16.2. The number of hydrogen-bond acceptors (Lipinski definition) is 3. The molecule has 0 radical (unpaired) electrons. The minimum atomic E-state index is 0.0583. The smallest absolute Gasteiger partial charge is 0.269 e. The molecule has 0 saturated heterocycles. The van der Waals surface area contributed by atoms with Crippen LogP contribution in [0.3, 0.4) is 0 Å². The van der Waals surface area contributed by atoms with Gasteiger partial charge in [0.05, 0.1) is 0 Å². The van der Waals surface area contributed by atoms with Crippen LogP contribution in [0, 0.1) is 0 Å². The fourth-order valence-corrected chi connectivity index (χ4v) is 5.05. The highest BCUT2D eigenvalue weighted by Gasteiger charge is 2.26. The average molecular weight is 374 g/mol. The van der Waals surface area contributed by atoms with E-state index in [-0.39, 0.29) is 5.91 Å². The van der Waals surface area contributed by atoms with Gasteiger partial charge in [0.2, 0.25) is 0 Å². The summed E-state index contributed by atoms with van der Waals surface area (Å²) in [6, 6.07) is 0.919. The van der Waals surface area contributed by atoms with Gasteiger partial charge in [0.25, 0.3) is 5.91 Å². The van der Waals surface area contributed by atoms with E-state index < -0.39 is 0 Å². The molecule has 0 aliphatic heterocycles. The molecule has 27 heavy (non-hydrogen) atoms. The molecule has 0 bridgehead atoms. The molecule has 0 unspecified atom stereocenters. The normalized spacial score (nSPS) is 24.3. The molecule has 3 rings (SSSR count). The van der Waals surface area contributed by atoms with Crippen molar-refractivity contribution in [2.45, 2.75) is 115 Å². The van der Waals surface area contributed by atoms with Crippen LogP contribution in [0.15, 0.2) is 16.3 Å². The summed E-state index contributed by atoms with van der Waals surface area (Å²) in [4.78, 5) is 17.5. The first-order valence-corrected chi connectivity index (χ1v) is 11.5. The van der Waals surface area contributed by atoms with Crippen LogP contribution in [0.2, 0.25) is 0 Å². The van der Waals surface area contributed by atoms with Gasteiger partial charge < -0.3 is 10.6 Å². The van der Waals surface area contributed by atoms with Gasteiger partial charge in [0.1, 0.15) is 5.71 Å². The molecule has 2 N–H and O–H groups in total. The van der Waals surface area contributed by atoms with Crippen molar-refractivity contribution in [3.8, 4) is 0 Å². The van der Waals surface area contributed by atoms with Crippen LogP contribution in [0.5, 0.6) is 0 Å². The molecule has 4 nitrogen and oxygen atoms in total. The molecule has 0 spiro atoms. The Morgan fingerprint density at radius 3 is 2.00 bits per heavy atom. The third-order valence-corrected chi connectivity index (χ3v) is 6.62. The Balaban J connectivity index is 1.67. The van der Waals surface area contributed by atoms with E-state index in [2.05, 4.69) is 15.6 Å². The Kier molecular flexibility index (Phi) is 8.22. The first kappa shape index (κ1) is 20.4. The number of carbonyl (C=O) groups excluding carboxylic acids is 1. The third kappa shape index (κ3) is 6.08. The fourth-order valence-electron chi connectivity index (χ4n) is 5.05. The quantitative estimate of drug-likeness (QED) is 0.664. The Labute approximate surface area is 165 Å². The SMILES string of the molecule is CN=C(C(=O)NC1CCCCCCC1)C1=C(NC2CCCCC2)CCCC1. The van der Waals surface area contributed by atoms with Crippen molar-refractivity contribution in [1.82, 2.24) is 10.6 Å². The molecule has 0 aromatic carbocycles. The van der Waals surface area contributed by atoms with Gasteiger partial charge in [0.15, 0.2) is 0 Å². The monoisotopic (exact) mass is 373 g/mol. The topological polar surface area (TPSA) is 53.5 Å². The van der Waals surface area contributed by atoms with Crippen LogP contribution in [-0.4, -0.2) is 30.8 Å². The predicted molar refractivity (Wildman–Crippen MR) is 113 cm³/mol. The summed E-state index contributed by atoms with van der Waals surface area (Å²) in [5, 5.41) is 7.15.